The zero-order chi connectivity index (χ0) is 26.5. The average Bonchev–Trinajstić information content (AvgIpc) is 3.53. The highest BCUT2D eigenvalue weighted by Gasteiger charge is 2.48. The predicted octanol–water partition coefficient (Wildman–Crippen LogP) is 4.28. The Morgan fingerprint density at radius 1 is 1.05 bits per heavy atom. The Balaban J connectivity index is 1.55. The zero-order valence-corrected chi connectivity index (χ0v) is 23.4. The Labute approximate surface area is 226 Å². The van der Waals surface area contributed by atoms with Crippen LogP contribution in [0.3, 0.4) is 0 Å². The molecule has 0 radical (unpaired) electrons. The summed E-state index contributed by atoms with van der Waals surface area (Å²) in [5, 5.41) is 29.4. The molecule has 2 saturated carbocycles. The van der Waals surface area contributed by atoms with Crippen molar-refractivity contribution in [2.24, 2.45) is 5.92 Å². The molecule has 0 bridgehead atoms. The first kappa shape index (κ1) is 26.5. The number of halogens is 1. The van der Waals surface area contributed by atoms with Gasteiger partial charge in [0.1, 0.15) is 22.4 Å². The minimum Gasteiger partial charge on any atom is -0.390 e. The van der Waals surface area contributed by atoms with Crippen LogP contribution in [-0.2, 0) is 4.74 Å². The maximum atomic E-state index is 10.9. The van der Waals surface area contributed by atoms with Gasteiger partial charge in [-0.1, -0.05) is 0 Å². The van der Waals surface area contributed by atoms with E-state index >= 15 is 0 Å². The van der Waals surface area contributed by atoms with Crippen molar-refractivity contribution in [3.63, 3.8) is 0 Å². The van der Waals surface area contributed by atoms with E-state index in [-0.39, 0.29) is 18.1 Å². The summed E-state index contributed by atoms with van der Waals surface area (Å²) in [7, 11) is 1.73. The van der Waals surface area contributed by atoms with Crippen LogP contribution in [0.1, 0.15) is 50.9 Å². The lowest BCUT2D eigenvalue weighted by molar-refractivity contribution is 0.0107. The van der Waals surface area contributed by atoms with E-state index in [0.717, 1.165) is 51.4 Å². The second kappa shape index (κ2) is 10.2. The van der Waals surface area contributed by atoms with Crippen LogP contribution in [-0.4, -0.2) is 72.5 Å². The van der Waals surface area contributed by atoms with E-state index < -0.39 is 23.1 Å². The van der Waals surface area contributed by atoms with Crippen molar-refractivity contribution in [3.05, 3.63) is 23.7 Å². The van der Waals surface area contributed by atoms with E-state index in [1.807, 2.05) is 33.8 Å². The summed E-state index contributed by atoms with van der Waals surface area (Å²) in [4.78, 5) is 18.3. The molecule has 4 N–H and O–H groups in total. The van der Waals surface area contributed by atoms with Gasteiger partial charge in [0, 0.05) is 24.1 Å². The molecule has 0 aliphatic heterocycles. The number of fused-ring (bicyclic) bond motifs is 1. The van der Waals surface area contributed by atoms with Gasteiger partial charge in [-0.2, -0.15) is 4.98 Å². The Kier molecular flexibility index (Phi) is 7.32. The average molecular weight is 547 g/mol. The van der Waals surface area contributed by atoms with Crippen LogP contribution >= 0.6 is 22.9 Å². The van der Waals surface area contributed by atoms with Gasteiger partial charge in [-0.25, -0.2) is 9.97 Å². The van der Waals surface area contributed by atoms with Crippen LogP contribution in [0, 0.1) is 19.8 Å². The number of rotatable bonds is 7. The summed E-state index contributed by atoms with van der Waals surface area (Å²) in [6.45, 7) is 7.62. The number of alkyl halides is 1. The molecule has 2 aliphatic rings. The fourth-order valence-electron chi connectivity index (χ4n) is 5.66. The van der Waals surface area contributed by atoms with Crippen LogP contribution in [0.25, 0.3) is 20.8 Å². The summed E-state index contributed by atoms with van der Waals surface area (Å²) < 4.78 is 6.68. The molecule has 5 rings (SSSR count). The topological polar surface area (TPSA) is 125 Å². The quantitative estimate of drug-likeness (QED) is 0.321. The molecule has 200 valence electrons. The summed E-state index contributed by atoms with van der Waals surface area (Å²) in [5.41, 5.74) is 3.25. The number of aryl methyl sites for hydroxylation is 2. The molecule has 9 nitrogen and oxygen atoms in total. The summed E-state index contributed by atoms with van der Waals surface area (Å²) in [5.74, 6) is 0.789. The summed E-state index contributed by atoms with van der Waals surface area (Å²) >= 11 is 8.12. The van der Waals surface area contributed by atoms with Crippen molar-refractivity contribution in [1.29, 1.82) is 0 Å². The number of thiazole rings is 1. The van der Waals surface area contributed by atoms with Crippen molar-refractivity contribution in [1.82, 2.24) is 19.9 Å². The first-order valence-corrected chi connectivity index (χ1v) is 14.0. The number of aromatic nitrogens is 4. The minimum atomic E-state index is -0.989. The van der Waals surface area contributed by atoms with Crippen molar-refractivity contribution in [2.45, 2.75) is 88.6 Å². The van der Waals surface area contributed by atoms with Crippen LogP contribution in [0.4, 0.5) is 11.8 Å². The van der Waals surface area contributed by atoms with Crippen molar-refractivity contribution < 1.29 is 14.9 Å². The lowest BCUT2D eigenvalue weighted by atomic mass is 9.91. The van der Waals surface area contributed by atoms with Gasteiger partial charge in [0.2, 0.25) is 5.95 Å². The molecule has 0 unspecified atom stereocenters. The Hall–Kier alpha value is -2.11. The van der Waals surface area contributed by atoms with Gasteiger partial charge in [0.25, 0.3) is 0 Å². The fourth-order valence-corrected chi connectivity index (χ4v) is 6.99. The van der Waals surface area contributed by atoms with Gasteiger partial charge in [-0.15, -0.1) is 22.9 Å². The monoisotopic (exact) mass is 546 g/mol. The molecule has 37 heavy (non-hydrogen) atoms. The van der Waals surface area contributed by atoms with E-state index in [1.54, 1.807) is 24.6 Å². The van der Waals surface area contributed by atoms with E-state index in [2.05, 4.69) is 15.6 Å². The highest BCUT2D eigenvalue weighted by Crippen LogP contribution is 2.42. The molecule has 0 spiro atoms. The third-order valence-electron chi connectivity index (χ3n) is 7.75. The Morgan fingerprint density at radius 2 is 1.84 bits per heavy atom. The first-order valence-electron chi connectivity index (χ1n) is 12.8. The molecular formula is C26H35ClN6O3S. The molecule has 3 aromatic heterocycles. The molecule has 3 heterocycles. The molecule has 3 aromatic rings. The number of anilines is 2. The molecule has 2 aliphatic carbocycles. The van der Waals surface area contributed by atoms with Crippen LogP contribution in [0.2, 0.25) is 0 Å². The smallest absolute Gasteiger partial charge is 0.225 e. The van der Waals surface area contributed by atoms with Gasteiger partial charge in [0.05, 0.1) is 45.9 Å². The number of hydrogen-bond donors (Lipinski definition) is 4. The number of aliphatic hydroxyl groups is 2. The SMILES string of the molecule is CO[C@@H]1CCC[C@@H]1Nc1nc(C)c(-c2nc3c(C)nccc3s2)c(N[C@@H]2C[C@H](C(C)(C)Cl)[C@@H](O)[C@H]2O)n1. The second-order valence-corrected chi connectivity index (χ2v) is 12.7. The van der Waals surface area contributed by atoms with E-state index in [1.165, 1.54) is 0 Å². The van der Waals surface area contributed by atoms with Gasteiger partial charge in [-0.3, -0.25) is 4.98 Å². The Morgan fingerprint density at radius 3 is 2.51 bits per heavy atom. The van der Waals surface area contributed by atoms with Crippen molar-refractivity contribution in [2.75, 3.05) is 17.7 Å². The van der Waals surface area contributed by atoms with E-state index in [9.17, 15) is 10.2 Å². The number of ether oxygens (including phenoxy) is 1. The lowest BCUT2D eigenvalue weighted by Gasteiger charge is -2.27. The number of nitrogens with zero attached hydrogens (tertiary/aromatic N) is 4. The number of hydrogen-bond acceptors (Lipinski definition) is 10. The zero-order valence-electron chi connectivity index (χ0n) is 21.8. The number of pyridine rings is 1. The summed E-state index contributed by atoms with van der Waals surface area (Å²) in [6.07, 6.45) is 3.53. The standard InChI is InChI=1S/C26H35ClN6O3S/c1-12-19(24-32-20-13(2)28-10-9-18(20)37-24)23(30-16-11-14(26(3,4)27)21(34)22(16)35)33-25(29-12)31-15-7-6-8-17(15)36-5/h9-10,14-17,21-22,34-35H,6-8,11H2,1-5H3,(H2,29,30,31,33)/t14-,15-,16+,17+,21+,22-/m0/s1. The van der Waals surface area contributed by atoms with Gasteiger partial charge < -0.3 is 25.6 Å². The summed E-state index contributed by atoms with van der Waals surface area (Å²) in [6, 6.07) is 1.65. The molecule has 0 amide bonds. The van der Waals surface area contributed by atoms with Gasteiger partial charge in [0.15, 0.2) is 0 Å². The van der Waals surface area contributed by atoms with Crippen molar-refractivity contribution in [3.8, 4) is 10.6 Å². The number of aliphatic hydroxyl groups excluding tert-OH is 2. The third kappa shape index (κ3) is 5.14. The predicted molar refractivity (Wildman–Crippen MR) is 147 cm³/mol. The van der Waals surface area contributed by atoms with Crippen LogP contribution in [0.15, 0.2) is 12.3 Å². The molecule has 6 atom stereocenters. The largest absolute Gasteiger partial charge is 0.390 e. The highest BCUT2D eigenvalue weighted by molar-refractivity contribution is 7.21. The van der Waals surface area contributed by atoms with Crippen LogP contribution < -0.4 is 10.6 Å². The Bertz CT molecular complexity index is 1280. The molecule has 0 aromatic carbocycles. The van der Waals surface area contributed by atoms with Crippen molar-refractivity contribution >= 4 is 44.9 Å². The van der Waals surface area contributed by atoms with Crippen LogP contribution in [0.5, 0.6) is 0 Å². The molecular weight excluding hydrogens is 512 g/mol. The number of methoxy groups -OCH3 is 1. The maximum absolute atomic E-state index is 10.9. The van der Waals surface area contributed by atoms with Gasteiger partial charge >= 0.3 is 0 Å². The van der Waals surface area contributed by atoms with E-state index in [4.69, 9.17) is 31.3 Å². The lowest BCUT2D eigenvalue weighted by Crippen LogP contribution is -2.38. The number of nitrogens with one attached hydrogen (secondary N) is 2. The normalized spacial score (nSPS) is 28.2. The first-order chi connectivity index (χ1) is 17.6. The molecule has 2 fully saturated rings. The molecule has 11 heteroatoms. The minimum absolute atomic E-state index is 0.109. The van der Waals surface area contributed by atoms with Gasteiger partial charge in [-0.05, 0) is 59.4 Å². The molecule has 0 saturated heterocycles. The highest BCUT2D eigenvalue weighted by atomic mass is 35.5. The fraction of sp³-hybridized carbons (Fsp3) is 0.615. The third-order valence-corrected chi connectivity index (χ3v) is 9.07. The van der Waals surface area contributed by atoms with E-state index in [0.29, 0.717) is 18.2 Å². The second-order valence-electron chi connectivity index (χ2n) is 10.7. The maximum Gasteiger partial charge on any atom is 0.225 e.